The van der Waals surface area contributed by atoms with Crippen molar-refractivity contribution >= 4 is 10.0 Å². The number of nitrogens with zero attached hydrogens (tertiary/aromatic N) is 1. The average molecular weight is 243 g/mol. The van der Waals surface area contributed by atoms with E-state index in [1.54, 1.807) is 6.07 Å². The molecule has 0 aliphatic rings. The Bertz CT molecular complexity index is 522. The molecule has 7 heteroatoms. The molecule has 3 N–H and O–H groups in total. The van der Waals surface area contributed by atoms with Crippen molar-refractivity contribution in [3.8, 4) is 6.07 Å². The zero-order valence-electron chi connectivity index (χ0n) is 8.27. The fourth-order valence-electron chi connectivity index (χ4n) is 1.03. The minimum atomic E-state index is -3.72. The molecule has 16 heavy (non-hydrogen) atoms. The first kappa shape index (κ1) is 12.6. The molecule has 0 aliphatic carbocycles. The lowest BCUT2D eigenvalue weighted by Gasteiger charge is -2.05. The highest BCUT2D eigenvalue weighted by molar-refractivity contribution is 7.89. The predicted molar refractivity (Wildman–Crippen MR) is 55.4 cm³/mol. The SMILES string of the molecule is N#Cc1cc(S(=O)(=O)NCCN)ccc1F. The molecule has 1 rings (SSSR count). The van der Waals surface area contributed by atoms with Crippen LogP contribution < -0.4 is 10.5 Å². The van der Waals surface area contributed by atoms with Crippen LogP contribution in [0.4, 0.5) is 4.39 Å². The fraction of sp³-hybridized carbons (Fsp3) is 0.222. The third-order valence-corrected chi connectivity index (χ3v) is 3.26. The van der Waals surface area contributed by atoms with Gasteiger partial charge in [-0.25, -0.2) is 17.5 Å². The summed E-state index contributed by atoms with van der Waals surface area (Å²) < 4.78 is 38.3. The summed E-state index contributed by atoms with van der Waals surface area (Å²) in [7, 11) is -3.72. The van der Waals surface area contributed by atoms with E-state index in [2.05, 4.69) is 4.72 Å². The number of nitriles is 1. The van der Waals surface area contributed by atoms with Gasteiger partial charge in [-0.3, -0.25) is 0 Å². The van der Waals surface area contributed by atoms with E-state index in [1.165, 1.54) is 0 Å². The van der Waals surface area contributed by atoms with Gasteiger partial charge < -0.3 is 5.73 Å². The molecule has 1 aromatic carbocycles. The van der Waals surface area contributed by atoms with Crippen LogP contribution in [0.3, 0.4) is 0 Å². The summed E-state index contributed by atoms with van der Waals surface area (Å²) in [6, 6.07) is 4.58. The van der Waals surface area contributed by atoms with Crippen LogP contribution in [-0.4, -0.2) is 21.5 Å². The number of hydrogen-bond acceptors (Lipinski definition) is 4. The Morgan fingerprint density at radius 2 is 2.19 bits per heavy atom. The van der Waals surface area contributed by atoms with Crippen LogP contribution in [0, 0.1) is 17.1 Å². The van der Waals surface area contributed by atoms with Crippen molar-refractivity contribution in [2.24, 2.45) is 5.73 Å². The van der Waals surface area contributed by atoms with Crippen LogP contribution in [0.25, 0.3) is 0 Å². The second kappa shape index (κ2) is 5.03. The molecule has 0 saturated heterocycles. The molecular weight excluding hydrogens is 233 g/mol. The van der Waals surface area contributed by atoms with Gasteiger partial charge in [0, 0.05) is 13.1 Å². The quantitative estimate of drug-likeness (QED) is 0.774. The van der Waals surface area contributed by atoms with Gasteiger partial charge in [-0.15, -0.1) is 0 Å². The molecule has 0 fully saturated rings. The third-order valence-electron chi connectivity index (χ3n) is 1.80. The maximum absolute atomic E-state index is 13.0. The van der Waals surface area contributed by atoms with Crippen molar-refractivity contribution < 1.29 is 12.8 Å². The Morgan fingerprint density at radius 3 is 2.75 bits per heavy atom. The molecule has 5 nitrogen and oxygen atoms in total. The van der Waals surface area contributed by atoms with E-state index in [1.807, 2.05) is 0 Å². The molecule has 0 atom stereocenters. The number of hydrogen-bond donors (Lipinski definition) is 2. The molecule has 0 saturated carbocycles. The Kier molecular flexibility index (Phi) is 3.95. The molecule has 1 aromatic rings. The Labute approximate surface area is 92.7 Å². The lowest BCUT2D eigenvalue weighted by molar-refractivity contribution is 0.581. The number of benzene rings is 1. The molecular formula is C9H10FN3O2S. The van der Waals surface area contributed by atoms with Crippen LogP contribution >= 0.6 is 0 Å². The van der Waals surface area contributed by atoms with Gasteiger partial charge >= 0.3 is 0 Å². The van der Waals surface area contributed by atoms with Gasteiger partial charge in [0.05, 0.1) is 10.5 Å². The zero-order chi connectivity index (χ0) is 12.2. The first-order chi connectivity index (χ1) is 7.51. The highest BCUT2D eigenvalue weighted by Crippen LogP contribution is 2.13. The average Bonchev–Trinajstić information content (AvgIpc) is 2.27. The van der Waals surface area contributed by atoms with Crippen molar-refractivity contribution in [2.75, 3.05) is 13.1 Å². The third kappa shape index (κ3) is 2.76. The number of nitrogens with one attached hydrogen (secondary N) is 1. The van der Waals surface area contributed by atoms with E-state index >= 15 is 0 Å². The van der Waals surface area contributed by atoms with Crippen LogP contribution in [0.15, 0.2) is 23.1 Å². The summed E-state index contributed by atoms with van der Waals surface area (Å²) in [5.41, 5.74) is 4.85. The number of sulfonamides is 1. The van der Waals surface area contributed by atoms with Gasteiger partial charge in [-0.05, 0) is 18.2 Å². The van der Waals surface area contributed by atoms with Gasteiger partial charge in [-0.2, -0.15) is 5.26 Å². The van der Waals surface area contributed by atoms with Crippen molar-refractivity contribution in [3.05, 3.63) is 29.6 Å². The van der Waals surface area contributed by atoms with E-state index in [9.17, 15) is 12.8 Å². The van der Waals surface area contributed by atoms with Crippen molar-refractivity contribution in [1.82, 2.24) is 4.72 Å². The lowest BCUT2D eigenvalue weighted by Crippen LogP contribution is -2.29. The molecule has 86 valence electrons. The van der Waals surface area contributed by atoms with Gasteiger partial charge in [-0.1, -0.05) is 0 Å². The van der Waals surface area contributed by atoms with E-state index in [0.29, 0.717) is 0 Å². The second-order valence-corrected chi connectivity index (χ2v) is 4.71. The van der Waals surface area contributed by atoms with Gasteiger partial charge in [0.25, 0.3) is 0 Å². The molecule has 0 amide bonds. The van der Waals surface area contributed by atoms with Crippen LogP contribution in [0.2, 0.25) is 0 Å². The summed E-state index contributed by atoms with van der Waals surface area (Å²) in [5, 5.41) is 8.56. The smallest absolute Gasteiger partial charge is 0.240 e. The minimum Gasteiger partial charge on any atom is -0.329 e. The molecule has 0 radical (unpaired) electrons. The van der Waals surface area contributed by atoms with E-state index in [-0.39, 0.29) is 23.5 Å². The summed E-state index contributed by atoms with van der Waals surface area (Å²) in [6.45, 7) is 0.243. The number of rotatable bonds is 4. The molecule has 0 heterocycles. The molecule has 0 bridgehead atoms. The maximum Gasteiger partial charge on any atom is 0.240 e. The van der Waals surface area contributed by atoms with Crippen molar-refractivity contribution in [1.29, 1.82) is 5.26 Å². The maximum atomic E-state index is 13.0. The zero-order valence-corrected chi connectivity index (χ0v) is 9.09. The number of nitrogens with two attached hydrogens (primary N) is 1. The summed E-state index contributed by atoms with van der Waals surface area (Å²) in [4.78, 5) is -0.154. The fourth-order valence-corrected chi connectivity index (χ4v) is 2.11. The Hall–Kier alpha value is -1.49. The molecule has 0 aliphatic heterocycles. The van der Waals surface area contributed by atoms with Crippen molar-refractivity contribution in [3.63, 3.8) is 0 Å². The molecule has 0 spiro atoms. The molecule has 0 unspecified atom stereocenters. The van der Waals surface area contributed by atoms with Crippen LogP contribution in [-0.2, 0) is 10.0 Å². The summed E-state index contributed by atoms with van der Waals surface area (Å²) in [6.07, 6.45) is 0. The highest BCUT2D eigenvalue weighted by atomic mass is 32.2. The standard InChI is InChI=1S/C9H10FN3O2S/c10-9-2-1-8(5-7(9)6-12)16(14,15)13-4-3-11/h1-2,5,13H,3-4,11H2. The Morgan fingerprint density at radius 1 is 1.50 bits per heavy atom. The summed E-state index contributed by atoms with van der Waals surface area (Å²) in [5.74, 6) is -0.750. The Balaban J connectivity index is 3.11. The highest BCUT2D eigenvalue weighted by Gasteiger charge is 2.15. The molecule has 0 aromatic heterocycles. The minimum absolute atomic E-state index is 0.0849. The largest absolute Gasteiger partial charge is 0.329 e. The van der Waals surface area contributed by atoms with Crippen LogP contribution in [0.1, 0.15) is 5.56 Å². The van der Waals surface area contributed by atoms with E-state index < -0.39 is 15.8 Å². The van der Waals surface area contributed by atoms with E-state index in [4.69, 9.17) is 11.0 Å². The topological polar surface area (TPSA) is 96.0 Å². The van der Waals surface area contributed by atoms with E-state index in [0.717, 1.165) is 18.2 Å². The van der Waals surface area contributed by atoms with Gasteiger partial charge in [0.2, 0.25) is 10.0 Å². The van der Waals surface area contributed by atoms with Gasteiger partial charge in [0.15, 0.2) is 0 Å². The van der Waals surface area contributed by atoms with Crippen LogP contribution in [0.5, 0.6) is 0 Å². The summed E-state index contributed by atoms with van der Waals surface area (Å²) >= 11 is 0. The first-order valence-corrected chi connectivity index (χ1v) is 5.89. The first-order valence-electron chi connectivity index (χ1n) is 4.40. The normalized spacial score (nSPS) is 11.1. The number of halogens is 1. The predicted octanol–water partition coefficient (Wildman–Crippen LogP) is -0.0656. The second-order valence-electron chi connectivity index (χ2n) is 2.94. The van der Waals surface area contributed by atoms with Gasteiger partial charge in [0.1, 0.15) is 11.9 Å². The lowest BCUT2D eigenvalue weighted by atomic mass is 10.2. The monoisotopic (exact) mass is 243 g/mol. The van der Waals surface area contributed by atoms with Crippen molar-refractivity contribution in [2.45, 2.75) is 4.90 Å².